The van der Waals surface area contributed by atoms with Gasteiger partial charge in [-0.25, -0.2) is 4.98 Å². The zero-order valence-corrected chi connectivity index (χ0v) is 33.6. The molecular formula is C49H40IrN4O-2. The maximum atomic E-state index is 6.44. The summed E-state index contributed by atoms with van der Waals surface area (Å²) in [5.41, 5.74) is 13.1. The van der Waals surface area contributed by atoms with Gasteiger partial charge in [-0.1, -0.05) is 124 Å². The monoisotopic (exact) mass is 893 g/mol. The Balaban J connectivity index is 0.000000305. The van der Waals surface area contributed by atoms with Crippen molar-refractivity contribution in [3.05, 3.63) is 181 Å². The molecule has 0 bridgehead atoms. The number of fused-ring (bicyclic) bond motifs is 2. The third-order valence-corrected chi connectivity index (χ3v) is 9.54. The van der Waals surface area contributed by atoms with E-state index in [2.05, 4.69) is 116 Å². The molecule has 9 aromatic rings. The molecule has 0 aliphatic rings. The molecule has 0 aliphatic heterocycles. The number of benzene rings is 6. The minimum atomic E-state index is 0. The van der Waals surface area contributed by atoms with Crippen LogP contribution in [0.5, 0.6) is 0 Å². The molecule has 6 heteroatoms. The standard InChI is InChI=1S/C38H32N3O.C11H8N.Ir/c1-24(2)29-18-13-19-30(25(3)4)35(29)41-34-21-12-11-20-32(34)39-37(41)28-22-31(26-14-7-5-8-15-26)36-33(23-28)40-38(42-36)27-16-9-6-10-17-27;1-2-6-10(7-3-1)11-8-4-5-9-12-11;/h5-22,24-25H,1-4H3;1-6,8-9H;/q2*-1;. The van der Waals surface area contributed by atoms with Crippen LogP contribution in [0.1, 0.15) is 50.7 Å². The Labute approximate surface area is 336 Å². The number of imidazole rings is 1. The van der Waals surface area contributed by atoms with Gasteiger partial charge in [0.25, 0.3) is 0 Å². The molecule has 0 saturated heterocycles. The summed E-state index contributed by atoms with van der Waals surface area (Å²) in [4.78, 5) is 14.4. The maximum absolute atomic E-state index is 6.44. The quantitative estimate of drug-likeness (QED) is 0.150. The summed E-state index contributed by atoms with van der Waals surface area (Å²) >= 11 is 0. The van der Waals surface area contributed by atoms with Crippen LogP contribution in [0.4, 0.5) is 0 Å². The predicted octanol–water partition coefficient (Wildman–Crippen LogP) is 12.8. The van der Waals surface area contributed by atoms with E-state index in [9.17, 15) is 0 Å². The number of rotatable bonds is 7. The van der Waals surface area contributed by atoms with Gasteiger partial charge in [-0.05, 0) is 64.6 Å². The number of hydrogen-bond acceptors (Lipinski definition) is 4. The van der Waals surface area contributed by atoms with Crippen molar-refractivity contribution in [1.29, 1.82) is 0 Å². The Bertz CT molecular complexity index is 2590. The van der Waals surface area contributed by atoms with Crippen molar-refractivity contribution in [3.8, 4) is 50.9 Å². The van der Waals surface area contributed by atoms with E-state index >= 15 is 0 Å². The third kappa shape index (κ3) is 7.70. The second-order valence-electron chi connectivity index (χ2n) is 13.9. The van der Waals surface area contributed by atoms with E-state index in [4.69, 9.17) is 14.4 Å². The van der Waals surface area contributed by atoms with Crippen LogP contribution >= 0.6 is 0 Å². The van der Waals surface area contributed by atoms with Gasteiger partial charge in [0.2, 0.25) is 5.89 Å². The smallest absolute Gasteiger partial charge is 0.216 e. The molecule has 0 spiro atoms. The molecule has 0 amide bonds. The molecule has 9 rings (SSSR count). The Morgan fingerprint density at radius 2 is 1.27 bits per heavy atom. The van der Waals surface area contributed by atoms with Gasteiger partial charge in [-0.15, -0.1) is 53.6 Å². The normalized spacial score (nSPS) is 11.1. The number of para-hydroxylation sites is 3. The summed E-state index contributed by atoms with van der Waals surface area (Å²) in [5, 5.41) is 0. The van der Waals surface area contributed by atoms with Crippen LogP contribution in [0.2, 0.25) is 0 Å². The van der Waals surface area contributed by atoms with Crippen molar-refractivity contribution in [2.75, 3.05) is 0 Å². The SMILES string of the molecule is CC(C)c1cccc(C(C)C)c1-n1c(-c2[c-]c3nc(-c4ccccc4)oc3c(-c3ccccc3)c2)nc2ccccc21.[Ir].[c-]1ccccc1-c1ccccn1. The minimum Gasteiger partial charge on any atom is -0.484 e. The van der Waals surface area contributed by atoms with Crippen molar-refractivity contribution < 1.29 is 24.5 Å². The van der Waals surface area contributed by atoms with Gasteiger partial charge in [-0.3, -0.25) is 4.98 Å². The molecule has 0 aliphatic carbocycles. The van der Waals surface area contributed by atoms with E-state index in [1.165, 1.54) is 16.8 Å². The second kappa shape index (κ2) is 16.6. The summed E-state index contributed by atoms with van der Waals surface area (Å²) in [6, 6.07) is 58.0. The van der Waals surface area contributed by atoms with Crippen molar-refractivity contribution in [3.63, 3.8) is 0 Å². The number of hydrogen-bond donors (Lipinski definition) is 0. The minimum absolute atomic E-state index is 0. The molecule has 0 saturated carbocycles. The van der Waals surface area contributed by atoms with Gasteiger partial charge in [0.05, 0.1) is 22.4 Å². The maximum Gasteiger partial charge on any atom is 0.216 e. The predicted molar refractivity (Wildman–Crippen MR) is 220 cm³/mol. The van der Waals surface area contributed by atoms with E-state index in [0.29, 0.717) is 23.2 Å². The molecule has 0 fully saturated rings. The second-order valence-corrected chi connectivity index (χ2v) is 13.9. The van der Waals surface area contributed by atoms with Crippen LogP contribution in [0.15, 0.2) is 162 Å². The number of pyridine rings is 1. The molecule has 3 aromatic heterocycles. The summed E-state index contributed by atoms with van der Waals surface area (Å²) in [6.07, 6.45) is 1.79. The fourth-order valence-corrected chi connectivity index (χ4v) is 6.90. The molecular weight excluding hydrogens is 853 g/mol. The van der Waals surface area contributed by atoms with Crippen LogP contribution in [0.25, 0.3) is 73.0 Å². The molecule has 0 N–H and O–H groups in total. The summed E-state index contributed by atoms with van der Waals surface area (Å²) < 4.78 is 8.77. The zero-order valence-electron chi connectivity index (χ0n) is 31.2. The van der Waals surface area contributed by atoms with E-state index in [0.717, 1.165) is 56.0 Å². The zero-order chi connectivity index (χ0) is 37.0. The average Bonchev–Trinajstić information content (AvgIpc) is 3.84. The number of nitrogens with zero attached hydrogens (tertiary/aromatic N) is 4. The van der Waals surface area contributed by atoms with Crippen LogP contribution in [0.3, 0.4) is 0 Å². The molecule has 5 nitrogen and oxygen atoms in total. The van der Waals surface area contributed by atoms with Crippen LogP contribution in [-0.2, 0) is 20.1 Å². The van der Waals surface area contributed by atoms with Crippen LogP contribution in [0, 0.1) is 12.1 Å². The van der Waals surface area contributed by atoms with Crippen LogP contribution < -0.4 is 0 Å². The Hall–Kier alpha value is -5.94. The fraction of sp³-hybridized carbons (Fsp3) is 0.122. The fourth-order valence-electron chi connectivity index (χ4n) is 6.90. The van der Waals surface area contributed by atoms with E-state index in [-0.39, 0.29) is 20.1 Å². The first-order chi connectivity index (χ1) is 26.5. The summed E-state index contributed by atoms with van der Waals surface area (Å²) in [6.45, 7) is 9.03. The van der Waals surface area contributed by atoms with Crippen LogP contribution in [-0.4, -0.2) is 19.5 Å². The largest absolute Gasteiger partial charge is 0.484 e. The Morgan fingerprint density at radius 3 is 1.93 bits per heavy atom. The first-order valence-electron chi connectivity index (χ1n) is 18.4. The van der Waals surface area contributed by atoms with E-state index < -0.39 is 0 Å². The first-order valence-corrected chi connectivity index (χ1v) is 18.4. The average molecular weight is 893 g/mol. The topological polar surface area (TPSA) is 56.7 Å². The molecule has 6 aromatic carbocycles. The van der Waals surface area contributed by atoms with Gasteiger partial charge < -0.3 is 14.0 Å². The molecule has 1 radical (unpaired) electrons. The molecule has 273 valence electrons. The van der Waals surface area contributed by atoms with Gasteiger partial charge in [0.1, 0.15) is 0 Å². The third-order valence-electron chi connectivity index (χ3n) is 9.54. The number of oxazole rings is 1. The van der Waals surface area contributed by atoms with Crippen molar-refractivity contribution in [2.45, 2.75) is 39.5 Å². The molecule has 3 heterocycles. The summed E-state index contributed by atoms with van der Waals surface area (Å²) in [5.74, 6) is 2.09. The van der Waals surface area contributed by atoms with Crippen molar-refractivity contribution >= 4 is 22.1 Å². The number of aromatic nitrogens is 4. The first kappa shape index (κ1) is 37.4. The molecule has 0 atom stereocenters. The Kier molecular flexibility index (Phi) is 11.3. The van der Waals surface area contributed by atoms with E-state index in [1.807, 2.05) is 84.9 Å². The van der Waals surface area contributed by atoms with Gasteiger partial charge in [0.15, 0.2) is 0 Å². The van der Waals surface area contributed by atoms with Gasteiger partial charge in [-0.2, -0.15) is 0 Å². The molecule has 55 heavy (non-hydrogen) atoms. The van der Waals surface area contributed by atoms with E-state index in [1.54, 1.807) is 6.20 Å². The molecule has 0 unspecified atom stereocenters. The summed E-state index contributed by atoms with van der Waals surface area (Å²) in [7, 11) is 0. The van der Waals surface area contributed by atoms with Crippen molar-refractivity contribution in [1.82, 2.24) is 19.5 Å². The van der Waals surface area contributed by atoms with Gasteiger partial charge in [0, 0.05) is 43.1 Å². The van der Waals surface area contributed by atoms with Crippen molar-refractivity contribution in [2.24, 2.45) is 0 Å². The van der Waals surface area contributed by atoms with Gasteiger partial charge >= 0.3 is 0 Å². The Morgan fingerprint density at radius 1 is 0.618 bits per heavy atom.